The lowest BCUT2D eigenvalue weighted by atomic mass is 10.1. The van der Waals surface area contributed by atoms with Gasteiger partial charge in [0.15, 0.2) is 0 Å². The maximum atomic E-state index is 5.65. The fourth-order valence-electron chi connectivity index (χ4n) is 2.81. The lowest BCUT2D eigenvalue weighted by Crippen LogP contribution is -2.16. The second-order valence-electron chi connectivity index (χ2n) is 5.97. The topological polar surface area (TPSA) is 88.1 Å². The minimum atomic E-state index is 0.199. The Morgan fingerprint density at radius 3 is 2.96 bits per heavy atom. The summed E-state index contributed by atoms with van der Waals surface area (Å²) in [6.45, 7) is 1.50. The number of rotatable bonds is 7. The van der Waals surface area contributed by atoms with E-state index in [1.165, 1.54) is 11.8 Å². The molecule has 9 heteroatoms. The lowest BCUT2D eigenvalue weighted by molar-refractivity contribution is 0.0912. The van der Waals surface area contributed by atoms with Crippen LogP contribution in [0.1, 0.15) is 18.6 Å². The first kappa shape index (κ1) is 17.0. The van der Waals surface area contributed by atoms with Gasteiger partial charge in [0.05, 0.1) is 25.5 Å². The molecule has 1 saturated heterocycles. The van der Waals surface area contributed by atoms with E-state index >= 15 is 0 Å². The molecule has 0 bridgehead atoms. The molecule has 1 aliphatic rings. The molecule has 8 nitrogen and oxygen atoms in total. The van der Waals surface area contributed by atoms with Crippen molar-refractivity contribution in [2.75, 3.05) is 13.7 Å². The summed E-state index contributed by atoms with van der Waals surface area (Å²) in [5.41, 5.74) is 1.77. The molecule has 0 N–H and O–H groups in total. The number of thioether (sulfide) groups is 1. The van der Waals surface area contributed by atoms with Gasteiger partial charge in [0.2, 0.25) is 5.16 Å². The molecule has 0 radical (unpaired) electrons. The molecule has 4 rings (SSSR count). The molecular formula is C17H19N5O3S. The summed E-state index contributed by atoms with van der Waals surface area (Å²) in [5, 5.41) is 16.8. The number of nitrogens with zero attached hydrogens (tertiary/aromatic N) is 5. The van der Waals surface area contributed by atoms with Gasteiger partial charge in [-0.05, 0) is 47.5 Å². The van der Waals surface area contributed by atoms with Gasteiger partial charge >= 0.3 is 0 Å². The highest BCUT2D eigenvalue weighted by Crippen LogP contribution is 2.26. The predicted molar refractivity (Wildman–Crippen MR) is 94.8 cm³/mol. The van der Waals surface area contributed by atoms with Crippen LogP contribution < -0.4 is 4.74 Å². The number of methoxy groups -OCH3 is 1. The van der Waals surface area contributed by atoms with Crippen LogP contribution in [0.25, 0.3) is 11.3 Å². The molecule has 3 heterocycles. The third-order valence-corrected chi connectivity index (χ3v) is 5.17. The molecule has 1 aliphatic heterocycles. The number of hydrogen-bond acceptors (Lipinski definition) is 8. The summed E-state index contributed by atoms with van der Waals surface area (Å²) in [6.07, 6.45) is 2.35. The lowest BCUT2D eigenvalue weighted by Gasteiger charge is -2.09. The quantitative estimate of drug-likeness (QED) is 0.584. The highest BCUT2D eigenvalue weighted by Gasteiger charge is 2.19. The molecule has 26 heavy (non-hydrogen) atoms. The van der Waals surface area contributed by atoms with E-state index in [0.29, 0.717) is 12.3 Å². The normalized spacial score (nSPS) is 16.9. The Kier molecular flexibility index (Phi) is 5.16. The van der Waals surface area contributed by atoms with Crippen molar-refractivity contribution in [2.45, 2.75) is 36.4 Å². The van der Waals surface area contributed by atoms with E-state index in [0.717, 1.165) is 47.4 Å². The van der Waals surface area contributed by atoms with Crippen LogP contribution in [0.15, 0.2) is 40.0 Å². The van der Waals surface area contributed by atoms with Crippen molar-refractivity contribution in [3.05, 3.63) is 36.1 Å². The van der Waals surface area contributed by atoms with Crippen molar-refractivity contribution in [1.29, 1.82) is 0 Å². The maximum absolute atomic E-state index is 5.65. The Morgan fingerprint density at radius 2 is 2.19 bits per heavy atom. The van der Waals surface area contributed by atoms with Crippen LogP contribution in [-0.4, -0.2) is 45.2 Å². The second-order valence-corrected chi connectivity index (χ2v) is 6.92. The van der Waals surface area contributed by atoms with Crippen LogP contribution in [0.3, 0.4) is 0 Å². The highest BCUT2D eigenvalue weighted by atomic mass is 32.2. The number of hydrogen-bond donors (Lipinski definition) is 0. The Balaban J connectivity index is 1.38. The largest absolute Gasteiger partial charge is 0.497 e. The third-order valence-electron chi connectivity index (χ3n) is 4.19. The molecule has 1 fully saturated rings. The molecule has 0 spiro atoms. The van der Waals surface area contributed by atoms with Gasteiger partial charge in [0.25, 0.3) is 0 Å². The van der Waals surface area contributed by atoms with Crippen LogP contribution in [0.4, 0.5) is 0 Å². The summed E-state index contributed by atoms with van der Waals surface area (Å²) >= 11 is 1.52. The monoisotopic (exact) mass is 373 g/mol. The van der Waals surface area contributed by atoms with Gasteiger partial charge in [-0.15, -0.1) is 5.10 Å². The molecule has 1 aromatic carbocycles. The Bertz CT molecular complexity index is 842. The van der Waals surface area contributed by atoms with Crippen molar-refractivity contribution in [2.24, 2.45) is 0 Å². The van der Waals surface area contributed by atoms with E-state index in [1.807, 2.05) is 30.3 Å². The minimum absolute atomic E-state index is 0.199. The summed E-state index contributed by atoms with van der Waals surface area (Å²) in [7, 11) is 1.65. The summed E-state index contributed by atoms with van der Waals surface area (Å²) in [6, 6.07) is 9.64. The van der Waals surface area contributed by atoms with Crippen molar-refractivity contribution in [1.82, 2.24) is 25.4 Å². The number of benzene rings is 1. The van der Waals surface area contributed by atoms with Crippen LogP contribution in [0.2, 0.25) is 0 Å². The zero-order chi connectivity index (χ0) is 17.8. The fraction of sp³-hybridized carbons (Fsp3) is 0.412. The van der Waals surface area contributed by atoms with Crippen LogP contribution in [0.5, 0.6) is 5.75 Å². The molecule has 2 aromatic heterocycles. The van der Waals surface area contributed by atoms with Gasteiger partial charge < -0.3 is 14.0 Å². The average molecular weight is 373 g/mol. The van der Waals surface area contributed by atoms with Crippen LogP contribution in [-0.2, 0) is 17.0 Å². The van der Waals surface area contributed by atoms with E-state index in [9.17, 15) is 0 Å². The fourth-order valence-corrected chi connectivity index (χ4v) is 3.57. The number of tetrazole rings is 1. The van der Waals surface area contributed by atoms with E-state index in [1.54, 1.807) is 11.8 Å². The smallest absolute Gasteiger partial charge is 0.209 e. The Labute approximate surface area is 154 Å². The van der Waals surface area contributed by atoms with E-state index in [4.69, 9.17) is 14.0 Å². The van der Waals surface area contributed by atoms with Crippen molar-refractivity contribution < 1.29 is 14.0 Å². The molecule has 1 unspecified atom stereocenters. The van der Waals surface area contributed by atoms with E-state index < -0.39 is 0 Å². The first-order chi connectivity index (χ1) is 12.8. The maximum Gasteiger partial charge on any atom is 0.209 e. The first-order valence-electron chi connectivity index (χ1n) is 8.42. The molecule has 0 amide bonds. The summed E-state index contributed by atoms with van der Waals surface area (Å²) < 4.78 is 18.1. The predicted octanol–water partition coefficient (Wildman–Crippen LogP) is 2.81. The van der Waals surface area contributed by atoms with E-state index in [2.05, 4.69) is 20.7 Å². The zero-order valence-corrected chi connectivity index (χ0v) is 15.2. The van der Waals surface area contributed by atoms with Crippen LogP contribution >= 0.6 is 11.8 Å². The van der Waals surface area contributed by atoms with Gasteiger partial charge in [0.1, 0.15) is 17.2 Å². The molecular weight excluding hydrogens is 354 g/mol. The van der Waals surface area contributed by atoms with E-state index in [-0.39, 0.29) is 6.10 Å². The first-order valence-corrected chi connectivity index (χ1v) is 9.41. The number of aromatic nitrogens is 5. The molecule has 0 aliphatic carbocycles. The highest BCUT2D eigenvalue weighted by molar-refractivity contribution is 7.98. The van der Waals surface area contributed by atoms with Crippen LogP contribution in [0, 0.1) is 0 Å². The summed E-state index contributed by atoms with van der Waals surface area (Å²) in [5.74, 6) is 2.19. The van der Waals surface area contributed by atoms with Crippen molar-refractivity contribution in [3.63, 3.8) is 0 Å². The molecule has 3 aromatic rings. The second kappa shape index (κ2) is 7.88. The van der Waals surface area contributed by atoms with Gasteiger partial charge in [-0.3, -0.25) is 0 Å². The van der Waals surface area contributed by atoms with Crippen molar-refractivity contribution >= 4 is 11.8 Å². The third kappa shape index (κ3) is 3.88. The SMILES string of the molecule is COc1ccc(-c2cc(CSc3nnnn3CC3CCCO3)on2)cc1. The molecule has 1 atom stereocenters. The zero-order valence-electron chi connectivity index (χ0n) is 14.4. The standard InChI is InChI=1S/C17H19N5O3S/c1-23-13-6-4-12(5-7-13)16-9-15(25-19-16)11-26-17-18-20-21-22(17)10-14-3-2-8-24-14/h4-7,9,14H,2-3,8,10-11H2,1H3. The molecule has 0 saturated carbocycles. The van der Waals surface area contributed by atoms with Gasteiger partial charge in [-0.25, -0.2) is 4.68 Å². The molecule has 136 valence electrons. The summed E-state index contributed by atoms with van der Waals surface area (Å²) in [4.78, 5) is 0. The number of ether oxygens (including phenoxy) is 2. The Morgan fingerprint density at radius 1 is 1.31 bits per heavy atom. The minimum Gasteiger partial charge on any atom is -0.497 e. The van der Waals surface area contributed by atoms with Gasteiger partial charge in [-0.2, -0.15) is 0 Å². The average Bonchev–Trinajstić information content (AvgIpc) is 3.43. The van der Waals surface area contributed by atoms with Crippen molar-refractivity contribution in [3.8, 4) is 17.0 Å². The Hall–Kier alpha value is -2.39. The van der Waals surface area contributed by atoms with Gasteiger partial charge in [-0.1, -0.05) is 16.9 Å². The van der Waals surface area contributed by atoms with Gasteiger partial charge in [0, 0.05) is 18.2 Å².